The summed E-state index contributed by atoms with van der Waals surface area (Å²) in [4.78, 5) is 39.0. The van der Waals surface area contributed by atoms with Gasteiger partial charge in [0.1, 0.15) is 0 Å². The number of likely N-dealkylation sites (tertiary alicyclic amines) is 1. The summed E-state index contributed by atoms with van der Waals surface area (Å²) in [5, 5.41) is 5.87. The molecule has 0 unspecified atom stereocenters. The summed E-state index contributed by atoms with van der Waals surface area (Å²) in [6.45, 7) is 3.67. The highest BCUT2D eigenvalue weighted by Crippen LogP contribution is 2.26. The van der Waals surface area contributed by atoms with E-state index in [-0.39, 0.29) is 30.2 Å². The molecular formula is C23H33N3O3. The summed E-state index contributed by atoms with van der Waals surface area (Å²) < 4.78 is 0. The van der Waals surface area contributed by atoms with E-state index in [9.17, 15) is 14.4 Å². The van der Waals surface area contributed by atoms with Crippen molar-refractivity contribution in [1.29, 1.82) is 0 Å². The molecule has 1 aliphatic heterocycles. The third kappa shape index (κ3) is 6.05. The first-order chi connectivity index (χ1) is 14.0. The molecule has 2 aliphatic rings. The molecule has 0 spiro atoms. The molecule has 29 heavy (non-hydrogen) atoms. The number of nitrogens with zero attached hydrogens (tertiary/aromatic N) is 1. The van der Waals surface area contributed by atoms with Gasteiger partial charge in [-0.1, -0.05) is 37.5 Å². The van der Waals surface area contributed by atoms with Gasteiger partial charge in [-0.2, -0.15) is 0 Å². The smallest absolute Gasteiger partial charge is 0.251 e. The highest BCUT2D eigenvalue weighted by atomic mass is 16.2. The molecule has 1 aromatic rings. The van der Waals surface area contributed by atoms with Crippen molar-refractivity contribution in [3.05, 3.63) is 35.4 Å². The van der Waals surface area contributed by atoms with E-state index < -0.39 is 0 Å². The van der Waals surface area contributed by atoms with Gasteiger partial charge in [0.05, 0.1) is 0 Å². The van der Waals surface area contributed by atoms with Crippen molar-refractivity contribution >= 4 is 17.7 Å². The highest BCUT2D eigenvalue weighted by molar-refractivity contribution is 5.95. The third-order valence-electron chi connectivity index (χ3n) is 6.15. The fourth-order valence-corrected chi connectivity index (χ4v) is 4.36. The Labute approximate surface area is 173 Å². The van der Waals surface area contributed by atoms with Gasteiger partial charge in [-0.25, -0.2) is 0 Å². The van der Waals surface area contributed by atoms with Gasteiger partial charge in [0.2, 0.25) is 11.8 Å². The topological polar surface area (TPSA) is 78.5 Å². The van der Waals surface area contributed by atoms with E-state index in [4.69, 9.17) is 0 Å². The van der Waals surface area contributed by atoms with Crippen LogP contribution in [-0.4, -0.2) is 48.3 Å². The zero-order valence-electron chi connectivity index (χ0n) is 17.4. The standard InChI is InChI=1S/C23H33N3O3/c1-17-7-5-6-10-20(17)22(28)24-14-11-21(27)25-19-12-15-26(16-13-19)23(29)18-8-3-2-4-9-18/h5-7,10,18-19H,2-4,8-9,11-16H2,1H3,(H,24,28)(H,25,27). The average molecular weight is 400 g/mol. The minimum Gasteiger partial charge on any atom is -0.353 e. The molecule has 1 aromatic carbocycles. The molecule has 6 nitrogen and oxygen atoms in total. The summed E-state index contributed by atoms with van der Waals surface area (Å²) in [6, 6.07) is 7.53. The van der Waals surface area contributed by atoms with Crippen LogP contribution in [0.3, 0.4) is 0 Å². The molecule has 0 atom stereocenters. The Morgan fingerprint density at radius 2 is 1.69 bits per heavy atom. The number of rotatable bonds is 6. The fourth-order valence-electron chi connectivity index (χ4n) is 4.36. The molecule has 3 amide bonds. The van der Waals surface area contributed by atoms with Gasteiger partial charge in [-0.15, -0.1) is 0 Å². The molecule has 2 N–H and O–H groups in total. The van der Waals surface area contributed by atoms with Crippen LogP contribution < -0.4 is 10.6 Å². The van der Waals surface area contributed by atoms with Crippen LogP contribution in [-0.2, 0) is 9.59 Å². The van der Waals surface area contributed by atoms with Gasteiger partial charge in [-0.05, 0) is 44.2 Å². The van der Waals surface area contributed by atoms with Gasteiger partial charge in [-0.3, -0.25) is 14.4 Å². The SMILES string of the molecule is Cc1ccccc1C(=O)NCCC(=O)NC1CCN(C(=O)C2CCCCC2)CC1. The van der Waals surface area contributed by atoms with Crippen molar-refractivity contribution in [1.82, 2.24) is 15.5 Å². The van der Waals surface area contributed by atoms with Crippen molar-refractivity contribution in [3.8, 4) is 0 Å². The highest BCUT2D eigenvalue weighted by Gasteiger charge is 2.29. The molecular weight excluding hydrogens is 366 g/mol. The van der Waals surface area contributed by atoms with Crippen molar-refractivity contribution in [2.45, 2.75) is 64.3 Å². The van der Waals surface area contributed by atoms with Crippen LogP contribution >= 0.6 is 0 Å². The van der Waals surface area contributed by atoms with Gasteiger partial charge >= 0.3 is 0 Å². The second-order valence-corrected chi connectivity index (χ2v) is 8.32. The molecule has 3 rings (SSSR count). The van der Waals surface area contributed by atoms with Crippen LogP contribution in [0.1, 0.15) is 67.3 Å². The molecule has 1 heterocycles. The lowest BCUT2D eigenvalue weighted by Crippen LogP contribution is -2.48. The quantitative estimate of drug-likeness (QED) is 0.772. The molecule has 0 aromatic heterocycles. The minimum absolute atomic E-state index is 0.0489. The van der Waals surface area contributed by atoms with Crippen LogP contribution in [0.4, 0.5) is 0 Å². The third-order valence-corrected chi connectivity index (χ3v) is 6.15. The molecule has 158 valence electrons. The monoisotopic (exact) mass is 399 g/mol. The molecule has 0 bridgehead atoms. The predicted molar refractivity (Wildman–Crippen MR) is 112 cm³/mol. The summed E-state index contributed by atoms with van der Waals surface area (Å²) in [7, 11) is 0. The lowest BCUT2D eigenvalue weighted by molar-refractivity contribution is -0.137. The summed E-state index contributed by atoms with van der Waals surface area (Å²) in [5.41, 5.74) is 1.56. The van der Waals surface area contributed by atoms with Gasteiger partial charge in [0.25, 0.3) is 5.91 Å². The van der Waals surface area contributed by atoms with Gasteiger partial charge < -0.3 is 15.5 Å². The number of carbonyl (C=O) groups is 3. The number of amides is 3. The number of hydrogen-bond acceptors (Lipinski definition) is 3. The fraction of sp³-hybridized carbons (Fsp3) is 0.609. The summed E-state index contributed by atoms with van der Waals surface area (Å²) in [5.74, 6) is 0.331. The van der Waals surface area contributed by atoms with Crippen molar-refractivity contribution in [2.75, 3.05) is 19.6 Å². The van der Waals surface area contributed by atoms with Crippen LogP contribution in [0.25, 0.3) is 0 Å². The molecule has 0 radical (unpaired) electrons. The van der Waals surface area contributed by atoms with Crippen molar-refractivity contribution in [3.63, 3.8) is 0 Å². The predicted octanol–water partition coefficient (Wildman–Crippen LogP) is 2.80. The average Bonchev–Trinajstić information content (AvgIpc) is 2.74. The number of aryl methyl sites for hydroxylation is 1. The van der Waals surface area contributed by atoms with E-state index in [1.165, 1.54) is 19.3 Å². The summed E-state index contributed by atoms with van der Waals surface area (Å²) >= 11 is 0. The van der Waals surface area contributed by atoms with E-state index in [0.717, 1.165) is 44.3 Å². The lowest BCUT2D eigenvalue weighted by Gasteiger charge is -2.35. The Kier molecular flexibility index (Phi) is 7.67. The van der Waals surface area contributed by atoms with Crippen molar-refractivity contribution in [2.24, 2.45) is 5.92 Å². The number of carbonyl (C=O) groups excluding carboxylic acids is 3. The maximum absolute atomic E-state index is 12.6. The molecule has 1 saturated heterocycles. The molecule has 6 heteroatoms. The van der Waals surface area contributed by atoms with Crippen LogP contribution in [0, 0.1) is 12.8 Å². The van der Waals surface area contributed by atoms with E-state index in [2.05, 4.69) is 10.6 Å². The molecule has 1 saturated carbocycles. The number of benzene rings is 1. The van der Waals surface area contributed by atoms with Crippen LogP contribution in [0.15, 0.2) is 24.3 Å². The maximum atomic E-state index is 12.6. The van der Waals surface area contributed by atoms with E-state index in [1.54, 1.807) is 6.07 Å². The van der Waals surface area contributed by atoms with Crippen LogP contribution in [0.2, 0.25) is 0 Å². The summed E-state index contributed by atoms with van der Waals surface area (Å²) in [6.07, 6.45) is 7.53. The lowest BCUT2D eigenvalue weighted by atomic mass is 9.87. The van der Waals surface area contributed by atoms with E-state index in [1.807, 2.05) is 30.0 Å². The van der Waals surface area contributed by atoms with Gasteiger partial charge in [0, 0.05) is 43.6 Å². The zero-order valence-corrected chi connectivity index (χ0v) is 17.4. The minimum atomic E-state index is -0.148. The second-order valence-electron chi connectivity index (χ2n) is 8.32. The Hall–Kier alpha value is -2.37. The number of piperidine rings is 1. The largest absolute Gasteiger partial charge is 0.353 e. The number of hydrogen-bond donors (Lipinski definition) is 2. The van der Waals surface area contributed by atoms with E-state index >= 15 is 0 Å². The van der Waals surface area contributed by atoms with Gasteiger partial charge in [0.15, 0.2) is 0 Å². The second kappa shape index (κ2) is 10.4. The Morgan fingerprint density at radius 3 is 2.38 bits per heavy atom. The number of nitrogens with one attached hydrogen (secondary N) is 2. The van der Waals surface area contributed by atoms with Crippen molar-refractivity contribution < 1.29 is 14.4 Å². The first kappa shape index (κ1) is 21.3. The van der Waals surface area contributed by atoms with Crippen LogP contribution in [0.5, 0.6) is 0 Å². The Balaban J connectivity index is 1.34. The Bertz CT molecular complexity index is 720. The normalized spacial score (nSPS) is 18.3. The first-order valence-corrected chi connectivity index (χ1v) is 11.0. The zero-order chi connectivity index (χ0) is 20.6. The first-order valence-electron chi connectivity index (χ1n) is 11.0. The molecule has 1 aliphatic carbocycles. The Morgan fingerprint density at radius 1 is 1.00 bits per heavy atom. The molecule has 2 fully saturated rings. The maximum Gasteiger partial charge on any atom is 0.251 e. The van der Waals surface area contributed by atoms with E-state index in [0.29, 0.717) is 18.0 Å².